The second-order valence-corrected chi connectivity index (χ2v) is 4.50. The van der Waals surface area contributed by atoms with E-state index in [2.05, 4.69) is 26.7 Å². The maximum Gasteiger partial charge on any atom is 0.148 e. The predicted molar refractivity (Wildman–Crippen MR) is 62.2 cm³/mol. The van der Waals surface area contributed by atoms with Crippen LogP contribution in [0.3, 0.4) is 0 Å². The largest absolute Gasteiger partial charge is 0.310 e. The van der Waals surface area contributed by atoms with Gasteiger partial charge >= 0.3 is 0 Å². The van der Waals surface area contributed by atoms with Gasteiger partial charge in [0.15, 0.2) is 0 Å². The Labute approximate surface area is 99.7 Å². The van der Waals surface area contributed by atoms with Gasteiger partial charge in [-0.1, -0.05) is 0 Å². The first-order chi connectivity index (χ1) is 8.31. The Kier molecular flexibility index (Phi) is 2.64. The van der Waals surface area contributed by atoms with Gasteiger partial charge < -0.3 is 5.32 Å². The van der Waals surface area contributed by atoms with Crippen molar-refractivity contribution in [3.8, 4) is 0 Å². The number of nitrogens with zero attached hydrogens (tertiary/aromatic N) is 5. The Bertz CT molecular complexity index is 496. The molecule has 0 bridgehead atoms. The van der Waals surface area contributed by atoms with E-state index in [1.54, 1.807) is 11.0 Å². The van der Waals surface area contributed by atoms with Crippen LogP contribution in [0.4, 0.5) is 0 Å². The molecule has 6 nitrogen and oxygen atoms in total. The van der Waals surface area contributed by atoms with Crippen molar-refractivity contribution in [1.29, 1.82) is 0 Å². The highest BCUT2D eigenvalue weighted by molar-refractivity contribution is 5.05. The third kappa shape index (κ3) is 2.52. The average molecular weight is 232 g/mol. The number of nitrogens with one attached hydrogen (secondary N) is 1. The summed E-state index contributed by atoms with van der Waals surface area (Å²) in [6.45, 7) is 1.57. The van der Waals surface area contributed by atoms with Gasteiger partial charge in [0.25, 0.3) is 0 Å². The van der Waals surface area contributed by atoms with Crippen LogP contribution in [-0.4, -0.2) is 30.6 Å². The summed E-state index contributed by atoms with van der Waals surface area (Å²) in [4.78, 5) is 4.18. The molecule has 2 aromatic rings. The molecule has 0 unspecified atom stereocenters. The van der Waals surface area contributed by atoms with Gasteiger partial charge in [0.2, 0.25) is 0 Å². The van der Waals surface area contributed by atoms with Crippen LogP contribution >= 0.6 is 0 Å². The molecule has 0 spiro atoms. The van der Waals surface area contributed by atoms with Crippen LogP contribution in [0.25, 0.3) is 0 Å². The molecule has 1 aliphatic rings. The third-order valence-corrected chi connectivity index (χ3v) is 2.97. The molecule has 1 aliphatic carbocycles. The van der Waals surface area contributed by atoms with Crippen LogP contribution in [0, 0.1) is 0 Å². The first-order valence-electron chi connectivity index (χ1n) is 5.89. The van der Waals surface area contributed by atoms with Gasteiger partial charge in [-0.15, -0.1) is 0 Å². The smallest absolute Gasteiger partial charge is 0.148 e. The minimum atomic E-state index is 0.667. The lowest BCUT2D eigenvalue weighted by atomic mass is 10.3. The molecular weight excluding hydrogens is 216 g/mol. The number of aromatic nitrogens is 5. The van der Waals surface area contributed by atoms with E-state index >= 15 is 0 Å². The lowest BCUT2D eigenvalue weighted by Crippen LogP contribution is -2.14. The molecule has 0 saturated heterocycles. The van der Waals surface area contributed by atoms with Gasteiger partial charge in [-0.3, -0.25) is 9.36 Å². The van der Waals surface area contributed by atoms with Gasteiger partial charge in [-0.25, -0.2) is 4.98 Å². The van der Waals surface area contributed by atoms with Crippen LogP contribution < -0.4 is 5.32 Å². The van der Waals surface area contributed by atoms with Crippen molar-refractivity contribution in [3.63, 3.8) is 0 Å². The molecule has 1 saturated carbocycles. The molecule has 0 aliphatic heterocycles. The quantitative estimate of drug-likeness (QED) is 0.806. The molecule has 6 heteroatoms. The van der Waals surface area contributed by atoms with E-state index in [1.165, 1.54) is 18.4 Å². The van der Waals surface area contributed by atoms with E-state index in [4.69, 9.17) is 0 Å². The van der Waals surface area contributed by atoms with Crippen LogP contribution in [0.15, 0.2) is 18.7 Å². The topological polar surface area (TPSA) is 60.6 Å². The van der Waals surface area contributed by atoms with Crippen molar-refractivity contribution >= 4 is 0 Å². The molecule has 17 heavy (non-hydrogen) atoms. The first kappa shape index (κ1) is 10.5. The summed E-state index contributed by atoms with van der Waals surface area (Å²) in [7, 11) is 1.89. The zero-order valence-electron chi connectivity index (χ0n) is 9.87. The molecule has 2 heterocycles. The maximum absolute atomic E-state index is 4.33. The van der Waals surface area contributed by atoms with Crippen molar-refractivity contribution in [1.82, 2.24) is 29.9 Å². The van der Waals surface area contributed by atoms with Crippen LogP contribution in [-0.2, 0) is 20.1 Å². The predicted octanol–water partition coefficient (Wildman–Crippen LogP) is 0.312. The van der Waals surface area contributed by atoms with E-state index < -0.39 is 0 Å². The van der Waals surface area contributed by atoms with Crippen LogP contribution in [0.5, 0.6) is 0 Å². The average Bonchev–Trinajstić information content (AvgIpc) is 2.92. The molecule has 1 fully saturated rings. The fraction of sp³-hybridized carbons (Fsp3) is 0.545. The molecule has 1 N–H and O–H groups in total. The molecule has 0 atom stereocenters. The Hall–Kier alpha value is -1.69. The van der Waals surface area contributed by atoms with E-state index in [0.29, 0.717) is 6.54 Å². The van der Waals surface area contributed by atoms with Crippen molar-refractivity contribution < 1.29 is 0 Å². The fourth-order valence-corrected chi connectivity index (χ4v) is 1.74. The zero-order chi connectivity index (χ0) is 11.7. The van der Waals surface area contributed by atoms with E-state index in [0.717, 1.165) is 18.4 Å². The highest BCUT2D eigenvalue weighted by Crippen LogP contribution is 2.19. The van der Waals surface area contributed by atoms with Gasteiger partial charge in [-0.05, 0) is 12.8 Å². The van der Waals surface area contributed by atoms with E-state index in [9.17, 15) is 0 Å². The zero-order valence-corrected chi connectivity index (χ0v) is 9.87. The summed E-state index contributed by atoms with van der Waals surface area (Å²) in [5.74, 6) is 0.912. The standard InChI is InChI=1S/C11H16N6/c1-16-11(13-8-15-16)7-17-6-9(5-14-17)4-12-10-2-3-10/h5-6,8,10,12H,2-4,7H2,1H3. The highest BCUT2D eigenvalue weighted by Gasteiger charge is 2.20. The number of aryl methyl sites for hydroxylation is 1. The summed E-state index contributed by atoms with van der Waals surface area (Å²) in [5.41, 5.74) is 1.22. The van der Waals surface area contributed by atoms with E-state index in [1.807, 2.05) is 17.9 Å². The van der Waals surface area contributed by atoms with Crippen molar-refractivity contribution in [2.75, 3.05) is 0 Å². The summed E-state index contributed by atoms with van der Waals surface area (Å²) in [6, 6.07) is 0.733. The molecule has 0 aromatic carbocycles. The number of rotatable bonds is 5. The summed E-state index contributed by atoms with van der Waals surface area (Å²) in [6.07, 6.45) is 8.16. The molecule has 0 radical (unpaired) electrons. The Balaban J connectivity index is 1.61. The summed E-state index contributed by atoms with van der Waals surface area (Å²) >= 11 is 0. The normalized spacial score (nSPS) is 15.4. The Morgan fingerprint density at radius 3 is 3.00 bits per heavy atom. The summed E-state index contributed by atoms with van der Waals surface area (Å²) in [5, 5.41) is 11.8. The second-order valence-electron chi connectivity index (χ2n) is 4.50. The molecular formula is C11H16N6. The summed E-state index contributed by atoms with van der Waals surface area (Å²) < 4.78 is 3.66. The van der Waals surface area contributed by atoms with Gasteiger partial charge in [0.1, 0.15) is 18.7 Å². The lowest BCUT2D eigenvalue weighted by molar-refractivity contribution is 0.606. The molecule has 3 rings (SSSR count). The molecule has 0 amide bonds. The van der Waals surface area contributed by atoms with E-state index in [-0.39, 0.29) is 0 Å². The Morgan fingerprint density at radius 1 is 1.41 bits per heavy atom. The first-order valence-corrected chi connectivity index (χ1v) is 5.89. The van der Waals surface area contributed by atoms with Crippen molar-refractivity contribution in [3.05, 3.63) is 30.1 Å². The fourth-order valence-electron chi connectivity index (χ4n) is 1.74. The monoisotopic (exact) mass is 232 g/mol. The molecule has 2 aromatic heterocycles. The third-order valence-electron chi connectivity index (χ3n) is 2.97. The minimum Gasteiger partial charge on any atom is -0.310 e. The second kappa shape index (κ2) is 4.29. The van der Waals surface area contributed by atoms with Crippen molar-refractivity contribution in [2.24, 2.45) is 7.05 Å². The highest BCUT2D eigenvalue weighted by atomic mass is 15.3. The molecule has 90 valence electrons. The van der Waals surface area contributed by atoms with Crippen molar-refractivity contribution in [2.45, 2.75) is 32.0 Å². The number of hydrogen-bond acceptors (Lipinski definition) is 4. The minimum absolute atomic E-state index is 0.667. The Morgan fingerprint density at radius 2 is 2.29 bits per heavy atom. The number of hydrogen-bond donors (Lipinski definition) is 1. The van der Waals surface area contributed by atoms with Gasteiger partial charge in [0, 0.05) is 31.4 Å². The lowest BCUT2D eigenvalue weighted by Gasteiger charge is -2.00. The SMILES string of the molecule is Cn1ncnc1Cn1cc(CNC2CC2)cn1. The van der Waals surface area contributed by atoms with Crippen LogP contribution in [0.2, 0.25) is 0 Å². The van der Waals surface area contributed by atoms with Gasteiger partial charge in [-0.2, -0.15) is 10.2 Å². The van der Waals surface area contributed by atoms with Gasteiger partial charge in [0.05, 0.1) is 6.20 Å². The maximum atomic E-state index is 4.33. The van der Waals surface area contributed by atoms with Crippen LogP contribution in [0.1, 0.15) is 24.2 Å².